The molecule has 0 saturated heterocycles. The van der Waals surface area contributed by atoms with E-state index in [-0.39, 0.29) is 4.90 Å². The number of rotatable bonds is 4. The van der Waals surface area contributed by atoms with Crippen LogP contribution in [0.25, 0.3) is 16.6 Å². The number of nitrogens with one attached hydrogen (secondary N) is 1. The fourth-order valence-corrected chi connectivity index (χ4v) is 4.25. The number of anilines is 1. The van der Waals surface area contributed by atoms with Gasteiger partial charge in [0.1, 0.15) is 4.90 Å². The number of hydrogen-bond donors (Lipinski definition) is 1. The second-order valence-corrected chi connectivity index (χ2v) is 7.94. The van der Waals surface area contributed by atoms with E-state index in [0.717, 1.165) is 22.3 Å². The van der Waals surface area contributed by atoms with Gasteiger partial charge in [-0.15, -0.1) is 0 Å². The summed E-state index contributed by atoms with van der Waals surface area (Å²) in [7, 11) is -3.80. The molecule has 7 heteroatoms. The van der Waals surface area contributed by atoms with E-state index >= 15 is 0 Å². The topological polar surface area (TPSA) is 76.9 Å². The summed E-state index contributed by atoms with van der Waals surface area (Å²) in [6, 6.07) is 18.6. The van der Waals surface area contributed by atoms with Crippen molar-refractivity contribution in [2.45, 2.75) is 18.7 Å². The van der Waals surface area contributed by atoms with Gasteiger partial charge in [-0.2, -0.15) is 5.10 Å². The Kier molecular flexibility index (Phi) is 4.16. The normalized spacial score (nSPS) is 11.6. The zero-order valence-electron chi connectivity index (χ0n) is 14.9. The molecule has 2 aromatic carbocycles. The zero-order chi connectivity index (χ0) is 19.0. The summed E-state index contributed by atoms with van der Waals surface area (Å²) in [5, 5.41) is 5.10. The van der Waals surface area contributed by atoms with Crippen LogP contribution in [0, 0.1) is 13.8 Å². The lowest BCUT2D eigenvalue weighted by Crippen LogP contribution is -2.14. The number of sulfonamides is 1. The summed E-state index contributed by atoms with van der Waals surface area (Å²) >= 11 is 0. The first-order chi connectivity index (χ1) is 12.9. The van der Waals surface area contributed by atoms with Crippen molar-refractivity contribution in [3.8, 4) is 5.69 Å². The van der Waals surface area contributed by atoms with Crippen molar-refractivity contribution >= 4 is 26.6 Å². The minimum Gasteiger partial charge on any atom is -0.279 e. The van der Waals surface area contributed by atoms with Gasteiger partial charge in [0.15, 0.2) is 0 Å². The molecule has 1 N–H and O–H groups in total. The molecular formula is C20H18N4O2S. The summed E-state index contributed by atoms with van der Waals surface area (Å²) in [4.78, 5) is 4.59. The van der Waals surface area contributed by atoms with Crippen LogP contribution in [-0.4, -0.2) is 23.2 Å². The maximum atomic E-state index is 13.0. The summed E-state index contributed by atoms with van der Waals surface area (Å²) in [5.41, 5.74) is 3.22. The zero-order valence-corrected chi connectivity index (χ0v) is 15.7. The Morgan fingerprint density at radius 1 is 0.963 bits per heavy atom. The Balaban J connectivity index is 1.77. The minimum atomic E-state index is -3.80. The Morgan fingerprint density at radius 3 is 2.44 bits per heavy atom. The number of aromatic nitrogens is 3. The third-order valence-corrected chi connectivity index (χ3v) is 5.72. The van der Waals surface area contributed by atoms with Gasteiger partial charge in [0.25, 0.3) is 10.0 Å². The Morgan fingerprint density at radius 2 is 1.67 bits per heavy atom. The van der Waals surface area contributed by atoms with E-state index in [0.29, 0.717) is 11.4 Å². The SMILES string of the molecule is Cc1cc(NS(=O)(=O)c2cn(-c3ccccc3)nc2C)c2ccccc2n1. The number of fused-ring (bicyclic) bond motifs is 1. The molecule has 0 amide bonds. The van der Waals surface area contributed by atoms with Gasteiger partial charge in [-0.25, -0.2) is 13.1 Å². The number of benzene rings is 2. The number of hydrogen-bond acceptors (Lipinski definition) is 4. The predicted octanol–water partition coefficient (Wildman–Crippen LogP) is 3.84. The highest BCUT2D eigenvalue weighted by Gasteiger charge is 2.22. The van der Waals surface area contributed by atoms with E-state index in [4.69, 9.17) is 0 Å². The van der Waals surface area contributed by atoms with Crippen molar-refractivity contribution < 1.29 is 8.42 Å². The number of aryl methyl sites for hydroxylation is 2. The van der Waals surface area contributed by atoms with E-state index < -0.39 is 10.0 Å². The molecule has 4 aromatic rings. The highest BCUT2D eigenvalue weighted by atomic mass is 32.2. The van der Waals surface area contributed by atoms with Gasteiger partial charge in [0, 0.05) is 11.1 Å². The summed E-state index contributed by atoms with van der Waals surface area (Å²) in [6.45, 7) is 3.52. The minimum absolute atomic E-state index is 0.143. The lowest BCUT2D eigenvalue weighted by atomic mass is 10.2. The van der Waals surface area contributed by atoms with Crippen molar-refractivity contribution in [2.75, 3.05) is 4.72 Å². The molecule has 0 atom stereocenters. The fourth-order valence-electron chi connectivity index (χ4n) is 3.01. The van der Waals surface area contributed by atoms with Crippen molar-refractivity contribution in [3.05, 3.63) is 78.2 Å². The van der Waals surface area contributed by atoms with E-state index in [2.05, 4.69) is 14.8 Å². The van der Waals surface area contributed by atoms with Crippen LogP contribution >= 0.6 is 0 Å². The molecule has 4 rings (SSSR count). The third kappa shape index (κ3) is 3.29. The molecular weight excluding hydrogens is 360 g/mol. The average molecular weight is 378 g/mol. The number of para-hydroxylation sites is 2. The number of nitrogens with zero attached hydrogens (tertiary/aromatic N) is 3. The summed E-state index contributed by atoms with van der Waals surface area (Å²) in [5.74, 6) is 0. The number of pyridine rings is 1. The second kappa shape index (κ2) is 6.51. The first-order valence-corrected chi connectivity index (χ1v) is 9.93. The maximum absolute atomic E-state index is 13.0. The van der Waals surface area contributed by atoms with Gasteiger partial charge in [-0.05, 0) is 38.1 Å². The molecule has 0 aliphatic rings. The fraction of sp³-hybridized carbons (Fsp3) is 0.100. The standard InChI is InChI=1S/C20H18N4O2S/c1-14-12-19(17-10-6-7-11-18(17)21-14)23-27(25,26)20-13-24(22-15(20)2)16-8-4-3-5-9-16/h3-13H,1-2H3,(H,21,23). The lowest BCUT2D eigenvalue weighted by molar-refractivity contribution is 0.600. The molecule has 136 valence electrons. The third-order valence-electron chi connectivity index (χ3n) is 4.25. The highest BCUT2D eigenvalue weighted by molar-refractivity contribution is 7.92. The monoisotopic (exact) mass is 378 g/mol. The van der Waals surface area contributed by atoms with Crippen molar-refractivity contribution in [1.29, 1.82) is 0 Å². The molecule has 2 aromatic heterocycles. The van der Waals surface area contributed by atoms with E-state index in [1.807, 2.05) is 61.5 Å². The van der Waals surface area contributed by atoms with Gasteiger partial charge < -0.3 is 0 Å². The van der Waals surface area contributed by atoms with Crippen LogP contribution < -0.4 is 4.72 Å². The van der Waals surface area contributed by atoms with Crippen molar-refractivity contribution in [1.82, 2.24) is 14.8 Å². The Hall–Kier alpha value is -3.19. The molecule has 0 bridgehead atoms. The van der Waals surface area contributed by atoms with Crippen LogP contribution in [0.1, 0.15) is 11.4 Å². The van der Waals surface area contributed by atoms with Gasteiger partial charge in [0.2, 0.25) is 0 Å². The van der Waals surface area contributed by atoms with Crippen LogP contribution in [0.5, 0.6) is 0 Å². The molecule has 0 spiro atoms. The molecule has 2 heterocycles. The molecule has 0 aliphatic carbocycles. The maximum Gasteiger partial charge on any atom is 0.265 e. The lowest BCUT2D eigenvalue weighted by Gasteiger charge is -2.11. The largest absolute Gasteiger partial charge is 0.279 e. The quantitative estimate of drug-likeness (QED) is 0.585. The Labute approximate surface area is 157 Å². The molecule has 27 heavy (non-hydrogen) atoms. The first-order valence-electron chi connectivity index (χ1n) is 8.45. The summed E-state index contributed by atoms with van der Waals surface area (Å²) < 4.78 is 30.3. The molecule has 0 unspecified atom stereocenters. The van der Waals surface area contributed by atoms with Crippen LogP contribution in [0.3, 0.4) is 0 Å². The van der Waals surface area contributed by atoms with E-state index in [1.165, 1.54) is 6.20 Å². The first kappa shape index (κ1) is 17.2. The molecule has 6 nitrogen and oxygen atoms in total. The average Bonchev–Trinajstić information content (AvgIpc) is 3.05. The van der Waals surface area contributed by atoms with Crippen LogP contribution in [0.4, 0.5) is 5.69 Å². The summed E-state index contributed by atoms with van der Waals surface area (Å²) in [6.07, 6.45) is 1.53. The second-order valence-electron chi connectivity index (χ2n) is 6.29. The van der Waals surface area contributed by atoms with Gasteiger partial charge >= 0.3 is 0 Å². The molecule has 0 aliphatic heterocycles. The smallest absolute Gasteiger partial charge is 0.265 e. The van der Waals surface area contributed by atoms with Crippen molar-refractivity contribution in [2.24, 2.45) is 0 Å². The molecule has 0 fully saturated rings. The van der Waals surface area contributed by atoms with Crippen molar-refractivity contribution in [3.63, 3.8) is 0 Å². The molecule has 0 saturated carbocycles. The Bertz CT molecular complexity index is 1230. The van der Waals surface area contributed by atoms with Gasteiger partial charge in [-0.1, -0.05) is 36.4 Å². The van der Waals surface area contributed by atoms with Crippen LogP contribution in [0.15, 0.2) is 71.8 Å². The highest BCUT2D eigenvalue weighted by Crippen LogP contribution is 2.26. The van der Waals surface area contributed by atoms with Gasteiger partial charge in [0.05, 0.1) is 28.8 Å². The van der Waals surface area contributed by atoms with Crippen LogP contribution in [0.2, 0.25) is 0 Å². The molecule has 0 radical (unpaired) electrons. The predicted molar refractivity (Wildman–Crippen MR) is 106 cm³/mol. The van der Waals surface area contributed by atoms with Gasteiger partial charge in [-0.3, -0.25) is 9.71 Å². The van der Waals surface area contributed by atoms with E-state index in [9.17, 15) is 8.42 Å². The van der Waals surface area contributed by atoms with E-state index in [1.54, 1.807) is 17.7 Å². The van der Waals surface area contributed by atoms with Crippen LogP contribution in [-0.2, 0) is 10.0 Å².